The minimum Gasteiger partial charge on any atom is -0.479 e. The van der Waals surface area contributed by atoms with Gasteiger partial charge >= 0.3 is 5.97 Å². The zero-order valence-corrected chi connectivity index (χ0v) is 10.7. The zero-order valence-electron chi connectivity index (χ0n) is 10.7. The number of anilines is 1. The average Bonchev–Trinajstić information content (AvgIpc) is 2.46. The molecule has 2 rings (SSSR count). The molecule has 0 saturated carbocycles. The van der Waals surface area contributed by atoms with Gasteiger partial charge in [-0.15, -0.1) is 0 Å². The molecule has 0 bridgehead atoms. The Balaban J connectivity index is 2.16. The summed E-state index contributed by atoms with van der Waals surface area (Å²) in [6.45, 7) is 1.95. The van der Waals surface area contributed by atoms with Crippen LogP contribution in [0.2, 0.25) is 0 Å². The molecule has 0 spiro atoms. The molecule has 1 aromatic rings. The highest BCUT2D eigenvalue weighted by atomic mass is 16.4. The number of hydrogen-bond acceptors (Lipinski definition) is 4. The van der Waals surface area contributed by atoms with Crippen molar-refractivity contribution >= 4 is 11.7 Å². The van der Waals surface area contributed by atoms with E-state index >= 15 is 0 Å². The average molecular weight is 265 g/mol. The molecule has 5 nitrogen and oxygen atoms in total. The summed E-state index contributed by atoms with van der Waals surface area (Å²) in [5, 5.41) is 27.9. The van der Waals surface area contributed by atoms with Crippen LogP contribution < -0.4 is 4.90 Å². The number of carboxylic acids is 1. The summed E-state index contributed by atoms with van der Waals surface area (Å²) in [5.41, 5.74) is 1.40. The van der Waals surface area contributed by atoms with Crippen LogP contribution in [0.25, 0.3) is 0 Å². The fraction of sp³-hybridized carbons (Fsp3) is 0.500. The molecule has 0 aromatic heterocycles. The van der Waals surface area contributed by atoms with Crippen molar-refractivity contribution in [3.05, 3.63) is 29.8 Å². The van der Waals surface area contributed by atoms with Crippen LogP contribution in [-0.2, 0) is 4.79 Å². The lowest BCUT2D eigenvalue weighted by Gasteiger charge is -2.29. The highest BCUT2D eigenvalue weighted by Gasteiger charge is 2.25. The Morgan fingerprint density at radius 3 is 2.47 bits per heavy atom. The standard InChI is InChI=1S/C14H19NO4/c16-12(13(17)14(18)19)10-5-4-6-11(9-10)15-7-2-1-3-8-15/h4-6,9,12-13,16-17H,1-3,7-8H2,(H,18,19). The van der Waals surface area contributed by atoms with Crippen molar-refractivity contribution in [2.45, 2.75) is 31.5 Å². The van der Waals surface area contributed by atoms with E-state index in [-0.39, 0.29) is 0 Å². The number of piperidine rings is 1. The SMILES string of the molecule is O=C(O)C(O)C(O)c1cccc(N2CCCCC2)c1. The number of aliphatic hydroxyl groups is 2. The molecule has 0 amide bonds. The Kier molecular flexibility index (Phi) is 4.39. The second-order valence-corrected chi connectivity index (χ2v) is 4.87. The minimum absolute atomic E-state index is 0.429. The molecular formula is C14H19NO4. The van der Waals surface area contributed by atoms with E-state index in [2.05, 4.69) is 4.90 Å². The van der Waals surface area contributed by atoms with Gasteiger partial charge in [0, 0.05) is 18.8 Å². The third kappa shape index (κ3) is 3.24. The number of nitrogens with zero attached hydrogens (tertiary/aromatic N) is 1. The lowest BCUT2D eigenvalue weighted by atomic mass is 10.0. The molecule has 0 radical (unpaired) electrons. The summed E-state index contributed by atoms with van der Waals surface area (Å²) >= 11 is 0. The van der Waals surface area contributed by atoms with Gasteiger partial charge < -0.3 is 20.2 Å². The molecule has 1 aliphatic rings. The summed E-state index contributed by atoms with van der Waals surface area (Å²) in [5.74, 6) is -1.42. The van der Waals surface area contributed by atoms with Gasteiger partial charge in [0.05, 0.1) is 0 Å². The quantitative estimate of drug-likeness (QED) is 0.761. The second-order valence-electron chi connectivity index (χ2n) is 4.87. The van der Waals surface area contributed by atoms with Gasteiger partial charge in [0.2, 0.25) is 0 Å². The Morgan fingerprint density at radius 1 is 1.16 bits per heavy atom. The van der Waals surface area contributed by atoms with E-state index in [1.165, 1.54) is 6.42 Å². The Hall–Kier alpha value is -1.59. The summed E-state index contributed by atoms with van der Waals surface area (Å²) in [6.07, 6.45) is 0.324. The lowest BCUT2D eigenvalue weighted by Crippen LogP contribution is -2.30. The number of hydrogen-bond donors (Lipinski definition) is 3. The monoisotopic (exact) mass is 265 g/mol. The number of aliphatic hydroxyl groups excluding tert-OH is 2. The van der Waals surface area contributed by atoms with Crippen LogP contribution in [0.4, 0.5) is 5.69 Å². The van der Waals surface area contributed by atoms with Gasteiger partial charge in [-0.2, -0.15) is 0 Å². The number of benzene rings is 1. The van der Waals surface area contributed by atoms with Gasteiger partial charge in [0.15, 0.2) is 6.10 Å². The third-order valence-corrected chi connectivity index (χ3v) is 3.49. The fourth-order valence-electron chi connectivity index (χ4n) is 2.37. The van der Waals surface area contributed by atoms with Gasteiger partial charge in [-0.3, -0.25) is 0 Å². The van der Waals surface area contributed by atoms with Gasteiger partial charge in [0.1, 0.15) is 6.10 Å². The molecule has 1 aromatic carbocycles. The molecule has 0 aliphatic carbocycles. The van der Waals surface area contributed by atoms with Gasteiger partial charge in [0.25, 0.3) is 0 Å². The summed E-state index contributed by atoms with van der Waals surface area (Å²) in [7, 11) is 0. The van der Waals surface area contributed by atoms with E-state index < -0.39 is 18.2 Å². The highest BCUT2D eigenvalue weighted by molar-refractivity contribution is 5.73. The predicted octanol–water partition coefficient (Wildman–Crippen LogP) is 1.16. The molecule has 1 fully saturated rings. The number of rotatable bonds is 4. The molecule has 19 heavy (non-hydrogen) atoms. The maximum atomic E-state index is 10.7. The molecule has 1 saturated heterocycles. The van der Waals surface area contributed by atoms with Crippen molar-refractivity contribution in [3.8, 4) is 0 Å². The van der Waals surface area contributed by atoms with Crippen LogP contribution in [0.3, 0.4) is 0 Å². The van der Waals surface area contributed by atoms with Crippen molar-refractivity contribution in [1.29, 1.82) is 0 Å². The van der Waals surface area contributed by atoms with Crippen molar-refractivity contribution < 1.29 is 20.1 Å². The Morgan fingerprint density at radius 2 is 1.84 bits per heavy atom. The van der Waals surface area contributed by atoms with E-state index in [9.17, 15) is 15.0 Å². The highest BCUT2D eigenvalue weighted by Crippen LogP contribution is 2.25. The van der Waals surface area contributed by atoms with Crippen molar-refractivity contribution in [2.75, 3.05) is 18.0 Å². The Bertz CT molecular complexity index is 443. The summed E-state index contributed by atoms with van der Waals surface area (Å²) in [6, 6.07) is 7.10. The molecule has 5 heteroatoms. The normalized spacial score (nSPS) is 18.9. The fourth-order valence-corrected chi connectivity index (χ4v) is 2.37. The van der Waals surface area contributed by atoms with E-state index in [4.69, 9.17) is 5.11 Å². The first-order chi connectivity index (χ1) is 9.09. The minimum atomic E-state index is -1.79. The molecule has 1 aliphatic heterocycles. The smallest absolute Gasteiger partial charge is 0.335 e. The zero-order chi connectivity index (χ0) is 13.8. The maximum absolute atomic E-state index is 10.7. The topological polar surface area (TPSA) is 81.0 Å². The van der Waals surface area contributed by atoms with Crippen LogP contribution in [0.15, 0.2) is 24.3 Å². The number of aliphatic carboxylic acids is 1. The number of carboxylic acid groups (broad SMARTS) is 1. The van der Waals surface area contributed by atoms with Crippen LogP contribution in [0, 0.1) is 0 Å². The van der Waals surface area contributed by atoms with Crippen LogP contribution in [-0.4, -0.2) is 40.5 Å². The molecule has 104 valence electrons. The first kappa shape index (κ1) is 13.8. The molecule has 3 N–H and O–H groups in total. The van der Waals surface area contributed by atoms with Crippen LogP contribution >= 0.6 is 0 Å². The molecular weight excluding hydrogens is 246 g/mol. The van der Waals surface area contributed by atoms with Gasteiger partial charge in [-0.25, -0.2) is 4.79 Å². The second kappa shape index (κ2) is 6.04. The number of carbonyl (C=O) groups is 1. The Labute approximate surface area is 112 Å². The van der Waals surface area contributed by atoms with E-state index in [1.54, 1.807) is 18.2 Å². The largest absolute Gasteiger partial charge is 0.479 e. The molecule has 1 heterocycles. The van der Waals surface area contributed by atoms with Crippen molar-refractivity contribution in [1.82, 2.24) is 0 Å². The van der Waals surface area contributed by atoms with E-state index in [0.717, 1.165) is 31.6 Å². The van der Waals surface area contributed by atoms with Gasteiger partial charge in [-0.05, 0) is 37.0 Å². The van der Waals surface area contributed by atoms with Crippen molar-refractivity contribution in [3.63, 3.8) is 0 Å². The predicted molar refractivity (Wildman–Crippen MR) is 71.1 cm³/mol. The molecule has 2 atom stereocenters. The van der Waals surface area contributed by atoms with E-state index in [1.807, 2.05) is 6.07 Å². The first-order valence-electron chi connectivity index (χ1n) is 6.53. The van der Waals surface area contributed by atoms with E-state index in [0.29, 0.717) is 5.56 Å². The summed E-state index contributed by atoms with van der Waals surface area (Å²) in [4.78, 5) is 12.9. The van der Waals surface area contributed by atoms with Crippen LogP contribution in [0.5, 0.6) is 0 Å². The molecule has 2 unspecified atom stereocenters. The van der Waals surface area contributed by atoms with Crippen LogP contribution in [0.1, 0.15) is 30.9 Å². The third-order valence-electron chi connectivity index (χ3n) is 3.49. The maximum Gasteiger partial charge on any atom is 0.335 e. The van der Waals surface area contributed by atoms with Gasteiger partial charge in [-0.1, -0.05) is 12.1 Å². The van der Waals surface area contributed by atoms with Crippen molar-refractivity contribution in [2.24, 2.45) is 0 Å². The summed E-state index contributed by atoms with van der Waals surface area (Å²) < 4.78 is 0. The first-order valence-corrected chi connectivity index (χ1v) is 6.53. The lowest BCUT2D eigenvalue weighted by molar-refractivity contribution is -0.153.